The zero-order valence-corrected chi connectivity index (χ0v) is 42.4. The molecular formula is C57H106O6. The van der Waals surface area contributed by atoms with Crippen LogP contribution in [0.3, 0.4) is 0 Å². The molecule has 0 heterocycles. The zero-order valence-electron chi connectivity index (χ0n) is 42.4. The van der Waals surface area contributed by atoms with Crippen LogP contribution in [0.25, 0.3) is 0 Å². The number of rotatable bonds is 51. The second-order valence-electron chi connectivity index (χ2n) is 18.8. The summed E-state index contributed by atoms with van der Waals surface area (Å²) in [4.78, 5) is 38.0. The van der Waals surface area contributed by atoms with Crippen LogP contribution in [0.5, 0.6) is 0 Å². The summed E-state index contributed by atoms with van der Waals surface area (Å²) >= 11 is 0. The molecule has 0 saturated heterocycles. The van der Waals surface area contributed by atoms with Gasteiger partial charge in [0.25, 0.3) is 0 Å². The van der Waals surface area contributed by atoms with Crippen LogP contribution in [0.2, 0.25) is 0 Å². The van der Waals surface area contributed by atoms with Gasteiger partial charge in [0.2, 0.25) is 0 Å². The van der Waals surface area contributed by atoms with Crippen molar-refractivity contribution in [1.29, 1.82) is 0 Å². The third-order valence-electron chi connectivity index (χ3n) is 12.4. The standard InChI is InChI=1S/C57H106O6/c1-4-7-10-13-16-19-22-25-26-27-28-29-30-33-35-38-41-44-47-50-56(59)62-53-54(63-57(60)51-48-45-42-39-36-32-24-21-18-15-12-9-6-3)52-61-55(58)49-46-43-40-37-34-31-23-20-17-14-11-8-5-2/h27-28,32,36,54H,4-26,29-31,33-35,37-53H2,1-3H3/b28-27-,36-32-. The quantitative estimate of drug-likeness (QED) is 0.0262. The first kappa shape index (κ1) is 60.9. The Bertz CT molecular complexity index is 1020. The zero-order chi connectivity index (χ0) is 45.8. The molecule has 0 spiro atoms. The number of hydrogen-bond donors (Lipinski definition) is 0. The van der Waals surface area contributed by atoms with Crippen LogP contribution >= 0.6 is 0 Å². The first-order chi connectivity index (χ1) is 31.0. The highest BCUT2D eigenvalue weighted by molar-refractivity contribution is 5.71. The van der Waals surface area contributed by atoms with Crippen LogP contribution in [-0.2, 0) is 28.6 Å². The Kier molecular flexibility index (Phi) is 50.8. The van der Waals surface area contributed by atoms with E-state index >= 15 is 0 Å². The Balaban J connectivity index is 4.32. The lowest BCUT2D eigenvalue weighted by molar-refractivity contribution is -0.167. The van der Waals surface area contributed by atoms with Gasteiger partial charge in [-0.2, -0.15) is 0 Å². The van der Waals surface area contributed by atoms with Crippen molar-refractivity contribution in [2.24, 2.45) is 0 Å². The number of carbonyl (C=O) groups excluding carboxylic acids is 3. The second-order valence-corrected chi connectivity index (χ2v) is 18.8. The fourth-order valence-corrected chi connectivity index (χ4v) is 8.20. The molecule has 0 N–H and O–H groups in total. The van der Waals surface area contributed by atoms with Gasteiger partial charge in [0.15, 0.2) is 6.10 Å². The van der Waals surface area contributed by atoms with Crippen LogP contribution in [0.4, 0.5) is 0 Å². The summed E-state index contributed by atoms with van der Waals surface area (Å²) in [5.41, 5.74) is 0. The Hall–Kier alpha value is -2.11. The van der Waals surface area contributed by atoms with Crippen molar-refractivity contribution >= 4 is 17.9 Å². The summed E-state index contributed by atoms with van der Waals surface area (Å²) in [6.45, 7) is 6.65. The van der Waals surface area contributed by atoms with Crippen molar-refractivity contribution in [1.82, 2.24) is 0 Å². The number of carbonyl (C=O) groups is 3. The SMILES string of the molecule is CCCCCCCC/C=C\CCCCCC(=O)OC(COC(=O)CCCCCCCCC/C=C\CCCCCCCCCC)COC(=O)CCCCCCCCCCCCCCC. The third-order valence-corrected chi connectivity index (χ3v) is 12.4. The molecule has 0 fully saturated rings. The van der Waals surface area contributed by atoms with Crippen molar-refractivity contribution in [3.63, 3.8) is 0 Å². The van der Waals surface area contributed by atoms with Crippen molar-refractivity contribution in [2.75, 3.05) is 13.2 Å². The number of esters is 3. The molecule has 1 atom stereocenters. The van der Waals surface area contributed by atoms with Crippen LogP contribution in [-0.4, -0.2) is 37.2 Å². The van der Waals surface area contributed by atoms with E-state index in [1.54, 1.807) is 0 Å². The normalized spacial score (nSPS) is 12.1. The molecular weight excluding hydrogens is 781 g/mol. The minimum Gasteiger partial charge on any atom is -0.462 e. The molecule has 0 aliphatic heterocycles. The monoisotopic (exact) mass is 887 g/mol. The predicted molar refractivity (Wildman–Crippen MR) is 270 cm³/mol. The van der Waals surface area contributed by atoms with Gasteiger partial charge in [0.05, 0.1) is 0 Å². The number of ether oxygens (including phenoxy) is 3. The summed E-state index contributed by atoms with van der Waals surface area (Å²) < 4.78 is 16.8. The highest BCUT2D eigenvalue weighted by Crippen LogP contribution is 2.16. The van der Waals surface area contributed by atoms with E-state index in [0.29, 0.717) is 19.3 Å². The topological polar surface area (TPSA) is 78.9 Å². The molecule has 0 bridgehead atoms. The van der Waals surface area contributed by atoms with Gasteiger partial charge in [-0.15, -0.1) is 0 Å². The Morgan fingerprint density at radius 1 is 0.302 bits per heavy atom. The molecule has 6 nitrogen and oxygen atoms in total. The maximum Gasteiger partial charge on any atom is 0.306 e. The van der Waals surface area contributed by atoms with E-state index in [9.17, 15) is 14.4 Å². The molecule has 0 rings (SSSR count). The van der Waals surface area contributed by atoms with Crippen LogP contribution in [0, 0.1) is 0 Å². The average Bonchev–Trinajstić information content (AvgIpc) is 3.28. The molecule has 0 aliphatic rings. The van der Waals surface area contributed by atoms with E-state index in [1.165, 1.54) is 193 Å². The lowest BCUT2D eigenvalue weighted by Crippen LogP contribution is -2.30. The number of unbranched alkanes of at least 4 members (excludes halogenated alkanes) is 36. The van der Waals surface area contributed by atoms with E-state index in [4.69, 9.17) is 14.2 Å². The smallest absolute Gasteiger partial charge is 0.306 e. The average molecular weight is 887 g/mol. The van der Waals surface area contributed by atoms with Crippen LogP contribution in [0.15, 0.2) is 24.3 Å². The summed E-state index contributed by atoms with van der Waals surface area (Å²) in [6, 6.07) is 0. The lowest BCUT2D eigenvalue weighted by Gasteiger charge is -2.18. The molecule has 0 saturated carbocycles. The number of allylic oxidation sites excluding steroid dienone is 4. The predicted octanol–water partition coefficient (Wildman–Crippen LogP) is 18.3. The van der Waals surface area contributed by atoms with Gasteiger partial charge in [-0.3, -0.25) is 14.4 Å². The lowest BCUT2D eigenvalue weighted by atomic mass is 10.0. The number of hydrogen-bond acceptors (Lipinski definition) is 6. The van der Waals surface area contributed by atoms with E-state index in [0.717, 1.165) is 70.6 Å². The first-order valence-electron chi connectivity index (χ1n) is 27.8. The molecule has 6 heteroatoms. The highest BCUT2D eigenvalue weighted by Gasteiger charge is 2.19. The van der Waals surface area contributed by atoms with Gasteiger partial charge in [-0.1, -0.05) is 238 Å². The van der Waals surface area contributed by atoms with Gasteiger partial charge >= 0.3 is 17.9 Å². The van der Waals surface area contributed by atoms with Gasteiger partial charge in [0, 0.05) is 19.3 Å². The summed E-state index contributed by atoms with van der Waals surface area (Å²) in [5.74, 6) is -0.879. The van der Waals surface area contributed by atoms with E-state index < -0.39 is 6.10 Å². The molecule has 63 heavy (non-hydrogen) atoms. The first-order valence-corrected chi connectivity index (χ1v) is 27.8. The van der Waals surface area contributed by atoms with Gasteiger partial charge in [-0.05, 0) is 70.6 Å². The second kappa shape index (κ2) is 52.5. The Labute approximate surface area is 392 Å². The Morgan fingerprint density at radius 3 is 0.810 bits per heavy atom. The molecule has 0 radical (unpaired) electrons. The van der Waals surface area contributed by atoms with Crippen molar-refractivity contribution in [2.45, 2.75) is 309 Å². The fraction of sp³-hybridized carbons (Fsp3) is 0.877. The molecule has 0 aromatic rings. The van der Waals surface area contributed by atoms with E-state index in [-0.39, 0.29) is 31.1 Å². The molecule has 0 aliphatic carbocycles. The minimum atomic E-state index is -0.776. The maximum absolute atomic E-state index is 12.8. The summed E-state index contributed by atoms with van der Waals surface area (Å²) in [5, 5.41) is 0. The third kappa shape index (κ3) is 50.7. The molecule has 1 unspecified atom stereocenters. The van der Waals surface area contributed by atoms with Crippen LogP contribution < -0.4 is 0 Å². The van der Waals surface area contributed by atoms with E-state index in [2.05, 4.69) is 45.1 Å². The van der Waals surface area contributed by atoms with Crippen molar-refractivity contribution in [3.8, 4) is 0 Å². The van der Waals surface area contributed by atoms with Crippen molar-refractivity contribution < 1.29 is 28.6 Å². The molecule has 0 aromatic heterocycles. The van der Waals surface area contributed by atoms with Gasteiger partial charge in [0.1, 0.15) is 13.2 Å². The summed E-state index contributed by atoms with van der Waals surface area (Å²) in [6.07, 6.45) is 60.2. The Morgan fingerprint density at radius 2 is 0.524 bits per heavy atom. The van der Waals surface area contributed by atoms with Crippen LogP contribution in [0.1, 0.15) is 303 Å². The molecule has 370 valence electrons. The summed E-state index contributed by atoms with van der Waals surface area (Å²) in [7, 11) is 0. The van der Waals surface area contributed by atoms with E-state index in [1.807, 2.05) is 0 Å². The van der Waals surface area contributed by atoms with Gasteiger partial charge in [-0.25, -0.2) is 0 Å². The van der Waals surface area contributed by atoms with Crippen molar-refractivity contribution in [3.05, 3.63) is 24.3 Å². The fourth-order valence-electron chi connectivity index (χ4n) is 8.20. The van der Waals surface area contributed by atoms with Gasteiger partial charge < -0.3 is 14.2 Å². The molecule has 0 aromatic carbocycles. The highest BCUT2D eigenvalue weighted by atomic mass is 16.6. The largest absolute Gasteiger partial charge is 0.462 e. The minimum absolute atomic E-state index is 0.0747. The maximum atomic E-state index is 12.8. The molecule has 0 amide bonds.